The number of likely N-dealkylation sites (tertiary alicyclic amines) is 1. The van der Waals surface area contributed by atoms with Gasteiger partial charge in [-0.05, 0) is 31.9 Å². The maximum absolute atomic E-state index is 13.8. The van der Waals surface area contributed by atoms with Crippen molar-refractivity contribution >= 4 is 17.9 Å². The summed E-state index contributed by atoms with van der Waals surface area (Å²) in [5.41, 5.74) is 0.815. The first kappa shape index (κ1) is 17.6. The fourth-order valence-electron chi connectivity index (χ4n) is 3.37. The molecule has 2 amide bonds. The highest BCUT2D eigenvalue weighted by atomic mass is 19.1. The number of carbonyl (C=O) groups is 2. The number of hydrogen-bond acceptors (Lipinski definition) is 3. The van der Waals surface area contributed by atoms with Gasteiger partial charge in [-0.3, -0.25) is 9.59 Å². The Balaban J connectivity index is 1.74. The summed E-state index contributed by atoms with van der Waals surface area (Å²) in [5.74, 6) is -0.572. The quantitative estimate of drug-likeness (QED) is 0.788. The summed E-state index contributed by atoms with van der Waals surface area (Å²) in [6, 6.07) is 5.92. The van der Waals surface area contributed by atoms with Crippen LogP contribution in [0, 0.1) is 5.82 Å². The second-order valence-corrected chi connectivity index (χ2v) is 6.44. The number of hydrogen-bond donors (Lipinski definition) is 0. The summed E-state index contributed by atoms with van der Waals surface area (Å²) in [6.07, 6.45) is 3.03. The van der Waals surface area contributed by atoms with E-state index >= 15 is 0 Å². The number of rotatable bonds is 3. The second-order valence-electron chi connectivity index (χ2n) is 6.44. The van der Waals surface area contributed by atoms with Gasteiger partial charge in [0, 0.05) is 30.8 Å². The van der Waals surface area contributed by atoms with Gasteiger partial charge >= 0.3 is 0 Å². The molecule has 0 aliphatic carbocycles. The lowest BCUT2D eigenvalue weighted by Gasteiger charge is -2.32. The van der Waals surface area contributed by atoms with Crippen LogP contribution in [0.1, 0.15) is 25.3 Å². The van der Waals surface area contributed by atoms with E-state index in [4.69, 9.17) is 4.74 Å². The third-order valence-electron chi connectivity index (χ3n) is 4.74. The number of halogens is 1. The van der Waals surface area contributed by atoms with Crippen LogP contribution in [0.25, 0.3) is 6.08 Å². The summed E-state index contributed by atoms with van der Waals surface area (Å²) in [6.45, 7) is 4.45. The van der Waals surface area contributed by atoms with Crippen LogP contribution in [0.15, 0.2) is 29.8 Å². The molecular weight excluding hydrogens is 323 g/mol. The lowest BCUT2D eigenvalue weighted by molar-refractivity contribution is -0.144. The molecule has 1 aromatic carbocycles. The Labute approximate surface area is 147 Å². The molecule has 0 unspecified atom stereocenters. The molecule has 0 saturated carbocycles. The summed E-state index contributed by atoms with van der Waals surface area (Å²) in [5, 5.41) is 0. The summed E-state index contributed by atoms with van der Waals surface area (Å²) in [7, 11) is 0. The van der Waals surface area contributed by atoms with Gasteiger partial charge in [-0.15, -0.1) is 0 Å². The van der Waals surface area contributed by atoms with Crippen molar-refractivity contribution in [1.82, 2.24) is 9.80 Å². The summed E-state index contributed by atoms with van der Waals surface area (Å²) < 4.78 is 19.1. The maximum atomic E-state index is 13.8. The number of amides is 2. The zero-order valence-electron chi connectivity index (χ0n) is 14.4. The SMILES string of the molecule is C/C(=C\c1ccccc1F)C(=O)N1CCC[C@@H]1C(=O)N1CCOCC1. The molecule has 0 radical (unpaired) electrons. The molecule has 0 spiro atoms. The minimum absolute atomic E-state index is 0.00663. The molecule has 2 fully saturated rings. The molecule has 6 heteroatoms. The molecular formula is C19H23FN2O3. The van der Waals surface area contributed by atoms with E-state index in [-0.39, 0.29) is 17.6 Å². The van der Waals surface area contributed by atoms with E-state index in [1.54, 1.807) is 41.0 Å². The molecule has 2 aliphatic rings. The lowest BCUT2D eigenvalue weighted by Crippen LogP contribution is -2.51. The number of nitrogens with zero attached hydrogens (tertiary/aromatic N) is 2. The fourth-order valence-corrected chi connectivity index (χ4v) is 3.37. The molecule has 25 heavy (non-hydrogen) atoms. The first-order valence-electron chi connectivity index (χ1n) is 8.68. The van der Waals surface area contributed by atoms with Crippen molar-refractivity contribution in [2.75, 3.05) is 32.8 Å². The average molecular weight is 346 g/mol. The van der Waals surface area contributed by atoms with Gasteiger partial charge in [0.2, 0.25) is 11.8 Å². The van der Waals surface area contributed by atoms with E-state index in [0.717, 1.165) is 6.42 Å². The number of carbonyl (C=O) groups excluding carboxylic acids is 2. The molecule has 5 nitrogen and oxygen atoms in total. The van der Waals surface area contributed by atoms with Crippen LogP contribution in [-0.2, 0) is 14.3 Å². The Kier molecular flexibility index (Phi) is 5.48. The second kappa shape index (κ2) is 7.78. The Morgan fingerprint density at radius 3 is 2.64 bits per heavy atom. The highest BCUT2D eigenvalue weighted by molar-refractivity contribution is 6.00. The average Bonchev–Trinajstić information content (AvgIpc) is 3.12. The molecule has 0 aromatic heterocycles. The van der Waals surface area contributed by atoms with E-state index in [2.05, 4.69) is 0 Å². The monoisotopic (exact) mass is 346 g/mol. The van der Waals surface area contributed by atoms with Gasteiger partial charge in [0.15, 0.2) is 0 Å². The Hall–Kier alpha value is -2.21. The Morgan fingerprint density at radius 2 is 1.92 bits per heavy atom. The zero-order chi connectivity index (χ0) is 17.8. The standard InChI is InChI=1S/C19H23FN2O3/c1-14(13-15-5-2-3-6-16(15)20)18(23)22-8-4-7-17(22)19(24)21-9-11-25-12-10-21/h2-3,5-6,13,17H,4,7-12H2,1H3/b14-13+/t17-/m1/s1. The maximum Gasteiger partial charge on any atom is 0.250 e. The molecule has 0 N–H and O–H groups in total. The molecule has 1 atom stereocenters. The van der Waals surface area contributed by atoms with E-state index in [9.17, 15) is 14.0 Å². The van der Waals surface area contributed by atoms with E-state index < -0.39 is 6.04 Å². The first-order valence-corrected chi connectivity index (χ1v) is 8.68. The van der Waals surface area contributed by atoms with Crippen molar-refractivity contribution in [1.29, 1.82) is 0 Å². The number of benzene rings is 1. The molecule has 2 aliphatic heterocycles. The van der Waals surface area contributed by atoms with Crippen molar-refractivity contribution in [3.8, 4) is 0 Å². The summed E-state index contributed by atoms with van der Waals surface area (Å²) in [4.78, 5) is 28.9. The first-order chi connectivity index (χ1) is 12.1. The number of ether oxygens (including phenoxy) is 1. The molecule has 3 rings (SSSR count). The Morgan fingerprint density at radius 1 is 1.20 bits per heavy atom. The van der Waals surface area contributed by atoms with Gasteiger partial charge in [-0.25, -0.2) is 4.39 Å². The van der Waals surface area contributed by atoms with Crippen LogP contribution in [0.5, 0.6) is 0 Å². The molecule has 2 heterocycles. The highest BCUT2D eigenvalue weighted by Gasteiger charge is 2.37. The topological polar surface area (TPSA) is 49.9 Å². The highest BCUT2D eigenvalue weighted by Crippen LogP contribution is 2.23. The molecule has 1 aromatic rings. The predicted octanol–water partition coefficient (Wildman–Crippen LogP) is 2.08. The van der Waals surface area contributed by atoms with Crippen molar-refractivity contribution in [3.05, 3.63) is 41.2 Å². The van der Waals surface area contributed by atoms with Gasteiger partial charge in [0.1, 0.15) is 11.9 Å². The van der Waals surface area contributed by atoms with Gasteiger partial charge in [0.25, 0.3) is 0 Å². The van der Waals surface area contributed by atoms with Crippen molar-refractivity contribution in [2.45, 2.75) is 25.8 Å². The fraction of sp³-hybridized carbons (Fsp3) is 0.474. The smallest absolute Gasteiger partial charge is 0.250 e. The molecule has 0 bridgehead atoms. The van der Waals surface area contributed by atoms with Gasteiger partial charge in [-0.2, -0.15) is 0 Å². The van der Waals surface area contributed by atoms with Crippen molar-refractivity contribution < 1.29 is 18.7 Å². The Bertz CT molecular complexity index is 683. The normalized spacial score (nSPS) is 21.5. The van der Waals surface area contributed by atoms with E-state index in [1.807, 2.05) is 0 Å². The minimum Gasteiger partial charge on any atom is -0.378 e. The van der Waals surface area contributed by atoms with Gasteiger partial charge < -0.3 is 14.5 Å². The molecule has 2 saturated heterocycles. The van der Waals surface area contributed by atoms with Crippen LogP contribution in [0.2, 0.25) is 0 Å². The predicted molar refractivity (Wildman–Crippen MR) is 92.2 cm³/mol. The third kappa shape index (κ3) is 3.90. The largest absolute Gasteiger partial charge is 0.378 e. The van der Waals surface area contributed by atoms with Crippen LogP contribution in [0.3, 0.4) is 0 Å². The van der Waals surface area contributed by atoms with Crippen LogP contribution in [-0.4, -0.2) is 60.5 Å². The zero-order valence-corrected chi connectivity index (χ0v) is 14.4. The van der Waals surface area contributed by atoms with Crippen LogP contribution >= 0.6 is 0 Å². The van der Waals surface area contributed by atoms with Crippen molar-refractivity contribution in [3.63, 3.8) is 0 Å². The number of morpholine rings is 1. The third-order valence-corrected chi connectivity index (χ3v) is 4.74. The minimum atomic E-state index is -0.422. The lowest BCUT2D eigenvalue weighted by atomic mass is 10.1. The van der Waals surface area contributed by atoms with E-state index in [0.29, 0.717) is 50.4 Å². The molecule has 134 valence electrons. The van der Waals surface area contributed by atoms with Gasteiger partial charge in [0.05, 0.1) is 13.2 Å². The van der Waals surface area contributed by atoms with E-state index in [1.165, 1.54) is 6.07 Å². The van der Waals surface area contributed by atoms with Crippen LogP contribution in [0.4, 0.5) is 4.39 Å². The van der Waals surface area contributed by atoms with Crippen LogP contribution < -0.4 is 0 Å². The van der Waals surface area contributed by atoms with Crippen molar-refractivity contribution in [2.24, 2.45) is 0 Å². The van der Waals surface area contributed by atoms with Gasteiger partial charge in [-0.1, -0.05) is 18.2 Å². The summed E-state index contributed by atoms with van der Waals surface area (Å²) >= 11 is 0.